The van der Waals surface area contributed by atoms with Gasteiger partial charge >= 0.3 is 0 Å². The Hall–Kier alpha value is -1.62. The van der Waals surface area contributed by atoms with Gasteiger partial charge in [0.15, 0.2) is 11.6 Å². The maximum Gasteiger partial charge on any atom is 0.166 e. The summed E-state index contributed by atoms with van der Waals surface area (Å²) < 4.78 is 26.7. The largest absolute Gasteiger partial charge is 0.337 e. The van der Waals surface area contributed by atoms with Gasteiger partial charge in [0.25, 0.3) is 0 Å². The van der Waals surface area contributed by atoms with E-state index in [9.17, 15) is 8.78 Å². The lowest BCUT2D eigenvalue weighted by molar-refractivity contribution is 0.511. The first kappa shape index (κ1) is 9.92. The van der Waals surface area contributed by atoms with Crippen molar-refractivity contribution >= 4 is 12.2 Å². The lowest BCUT2D eigenvalue weighted by Gasteiger charge is -2.02. The van der Waals surface area contributed by atoms with Crippen molar-refractivity contribution in [2.24, 2.45) is 0 Å². The average Bonchev–Trinajstić information content (AvgIpc) is 2.23. The van der Waals surface area contributed by atoms with E-state index in [0.717, 1.165) is 6.07 Å². The highest BCUT2D eigenvalue weighted by Gasteiger charge is 2.10. The molecule has 0 fully saturated rings. The minimum absolute atomic E-state index is 0.115. The summed E-state index contributed by atoms with van der Waals surface area (Å²) in [6.45, 7) is 0. The second-order valence-electron chi connectivity index (χ2n) is 2.90. The van der Waals surface area contributed by atoms with Crippen LogP contribution in [0.1, 0.15) is 0 Å². The van der Waals surface area contributed by atoms with Crippen molar-refractivity contribution in [2.45, 2.75) is 0 Å². The van der Waals surface area contributed by atoms with E-state index in [2.05, 4.69) is 9.97 Å². The van der Waals surface area contributed by atoms with Crippen LogP contribution in [-0.2, 0) is 0 Å². The molecule has 0 atom stereocenters. The molecule has 0 amide bonds. The molecule has 0 spiro atoms. The van der Waals surface area contributed by atoms with Crippen LogP contribution in [0.5, 0.6) is 0 Å². The third-order valence-electron chi connectivity index (χ3n) is 1.96. The van der Waals surface area contributed by atoms with E-state index in [-0.39, 0.29) is 5.56 Å². The Morgan fingerprint density at radius 2 is 2.00 bits per heavy atom. The van der Waals surface area contributed by atoms with Crippen LogP contribution in [0.2, 0.25) is 0 Å². The summed E-state index contributed by atoms with van der Waals surface area (Å²) >= 11 is 4.95. The lowest BCUT2D eigenvalue weighted by Crippen LogP contribution is -1.91. The second-order valence-corrected chi connectivity index (χ2v) is 3.30. The number of hydrogen-bond acceptors (Lipinski definition) is 2. The number of nitrogens with zero attached hydrogens (tertiary/aromatic N) is 1. The minimum atomic E-state index is -0.912. The number of halogens is 2. The molecule has 5 heteroatoms. The third kappa shape index (κ3) is 1.78. The Bertz CT molecular complexity index is 551. The molecule has 76 valence electrons. The number of hydrogen-bond donors (Lipinski definition) is 1. The smallest absolute Gasteiger partial charge is 0.166 e. The summed E-state index contributed by atoms with van der Waals surface area (Å²) in [5, 5.41) is 0. The summed E-state index contributed by atoms with van der Waals surface area (Å²) in [7, 11) is 0. The zero-order valence-electron chi connectivity index (χ0n) is 7.50. The molecule has 2 aromatic rings. The van der Waals surface area contributed by atoms with Crippen molar-refractivity contribution in [3.63, 3.8) is 0 Å². The van der Waals surface area contributed by atoms with Crippen LogP contribution in [0.4, 0.5) is 8.78 Å². The summed E-state index contributed by atoms with van der Waals surface area (Å²) in [5.74, 6) is -1.81. The van der Waals surface area contributed by atoms with Crippen LogP contribution in [0, 0.1) is 16.3 Å². The molecule has 2 rings (SSSR count). The zero-order valence-corrected chi connectivity index (χ0v) is 8.31. The Kier molecular flexibility index (Phi) is 2.55. The van der Waals surface area contributed by atoms with Crippen LogP contribution in [0.25, 0.3) is 11.1 Å². The van der Waals surface area contributed by atoms with Crippen LogP contribution in [0.15, 0.2) is 30.7 Å². The van der Waals surface area contributed by atoms with Crippen LogP contribution < -0.4 is 0 Å². The normalized spacial score (nSPS) is 10.3. The van der Waals surface area contributed by atoms with Gasteiger partial charge in [0, 0.05) is 17.3 Å². The fourth-order valence-electron chi connectivity index (χ4n) is 1.25. The summed E-state index contributed by atoms with van der Waals surface area (Å²) in [5.41, 5.74) is 0.494. The van der Waals surface area contributed by atoms with E-state index in [0.29, 0.717) is 10.2 Å². The molecule has 0 aliphatic carbocycles. The fourth-order valence-corrected chi connectivity index (χ4v) is 1.46. The predicted molar refractivity (Wildman–Crippen MR) is 54.8 cm³/mol. The van der Waals surface area contributed by atoms with E-state index < -0.39 is 11.6 Å². The van der Waals surface area contributed by atoms with Gasteiger partial charge in [-0.3, -0.25) is 0 Å². The van der Waals surface area contributed by atoms with E-state index in [1.165, 1.54) is 24.7 Å². The van der Waals surface area contributed by atoms with Crippen molar-refractivity contribution in [3.05, 3.63) is 47.0 Å². The SMILES string of the molecule is Fc1cccc(-c2cnc[nH]c2=S)c1F. The minimum Gasteiger partial charge on any atom is -0.337 e. The van der Waals surface area contributed by atoms with Gasteiger partial charge in [0.1, 0.15) is 4.64 Å². The van der Waals surface area contributed by atoms with Gasteiger partial charge in [-0.25, -0.2) is 13.8 Å². The molecular formula is C10H6F2N2S. The third-order valence-corrected chi connectivity index (χ3v) is 2.30. The Morgan fingerprint density at radius 3 is 2.73 bits per heavy atom. The Morgan fingerprint density at radius 1 is 1.20 bits per heavy atom. The number of benzene rings is 1. The average molecular weight is 224 g/mol. The molecule has 0 radical (unpaired) electrons. The molecule has 1 heterocycles. The number of aromatic nitrogens is 2. The van der Waals surface area contributed by atoms with Crippen molar-refractivity contribution in [2.75, 3.05) is 0 Å². The van der Waals surface area contributed by atoms with E-state index >= 15 is 0 Å². The summed E-state index contributed by atoms with van der Waals surface area (Å²) in [6, 6.07) is 3.94. The highest BCUT2D eigenvalue weighted by atomic mass is 32.1. The summed E-state index contributed by atoms with van der Waals surface area (Å²) in [6.07, 6.45) is 2.79. The monoisotopic (exact) mass is 224 g/mol. The van der Waals surface area contributed by atoms with Gasteiger partial charge in [-0.1, -0.05) is 24.4 Å². The molecule has 1 aromatic heterocycles. The molecule has 15 heavy (non-hydrogen) atoms. The maximum atomic E-state index is 13.4. The van der Waals surface area contributed by atoms with Gasteiger partial charge in [0.05, 0.1) is 6.33 Å². The standard InChI is InChI=1S/C10H6F2N2S/c11-8-3-1-2-6(9(8)12)7-4-13-5-14-10(7)15/h1-5H,(H,13,14,15). The number of aromatic amines is 1. The topological polar surface area (TPSA) is 28.7 Å². The molecule has 0 aliphatic heterocycles. The van der Waals surface area contributed by atoms with Crippen LogP contribution in [0.3, 0.4) is 0 Å². The van der Waals surface area contributed by atoms with Gasteiger partial charge < -0.3 is 4.98 Å². The first-order valence-corrected chi connectivity index (χ1v) is 4.58. The molecule has 2 nitrogen and oxygen atoms in total. The van der Waals surface area contributed by atoms with E-state index in [1.54, 1.807) is 0 Å². The molecule has 0 bridgehead atoms. The van der Waals surface area contributed by atoms with E-state index in [4.69, 9.17) is 12.2 Å². The predicted octanol–water partition coefficient (Wildman–Crippen LogP) is 3.08. The molecule has 1 N–H and O–H groups in total. The fraction of sp³-hybridized carbons (Fsp3) is 0. The molecule has 0 saturated carbocycles. The van der Waals surface area contributed by atoms with Gasteiger partial charge in [-0.15, -0.1) is 0 Å². The van der Waals surface area contributed by atoms with Crippen molar-refractivity contribution in [3.8, 4) is 11.1 Å². The Balaban J connectivity index is 2.70. The van der Waals surface area contributed by atoms with Crippen LogP contribution >= 0.6 is 12.2 Å². The van der Waals surface area contributed by atoms with Crippen molar-refractivity contribution in [1.29, 1.82) is 0 Å². The maximum absolute atomic E-state index is 13.4. The van der Waals surface area contributed by atoms with Gasteiger partial charge in [0.2, 0.25) is 0 Å². The molecule has 0 unspecified atom stereocenters. The lowest BCUT2D eigenvalue weighted by atomic mass is 10.1. The zero-order chi connectivity index (χ0) is 10.8. The highest BCUT2D eigenvalue weighted by molar-refractivity contribution is 7.71. The first-order chi connectivity index (χ1) is 7.20. The summed E-state index contributed by atoms with van der Waals surface area (Å²) in [4.78, 5) is 6.44. The number of H-pyrrole nitrogens is 1. The Labute approximate surface area is 89.6 Å². The quantitative estimate of drug-likeness (QED) is 0.754. The number of rotatable bonds is 1. The highest BCUT2D eigenvalue weighted by Crippen LogP contribution is 2.23. The van der Waals surface area contributed by atoms with Crippen molar-refractivity contribution in [1.82, 2.24) is 9.97 Å². The van der Waals surface area contributed by atoms with Gasteiger partial charge in [-0.05, 0) is 6.07 Å². The molecule has 0 saturated heterocycles. The number of nitrogens with one attached hydrogen (secondary N) is 1. The first-order valence-electron chi connectivity index (χ1n) is 4.17. The van der Waals surface area contributed by atoms with E-state index in [1.807, 2.05) is 0 Å². The second kappa shape index (κ2) is 3.86. The molecule has 0 aliphatic rings. The van der Waals surface area contributed by atoms with Crippen LogP contribution in [-0.4, -0.2) is 9.97 Å². The molecular weight excluding hydrogens is 218 g/mol. The van der Waals surface area contributed by atoms with Gasteiger partial charge in [-0.2, -0.15) is 0 Å². The van der Waals surface area contributed by atoms with Crippen molar-refractivity contribution < 1.29 is 8.78 Å². The molecule has 1 aromatic carbocycles.